The van der Waals surface area contributed by atoms with Gasteiger partial charge in [-0.05, 0) is 66.3 Å². The van der Waals surface area contributed by atoms with Gasteiger partial charge in [0.25, 0.3) is 5.91 Å². The topological polar surface area (TPSA) is 54.9 Å². The van der Waals surface area contributed by atoms with Crippen LogP contribution in [0.2, 0.25) is 10.0 Å². The number of aryl methyl sites for hydroxylation is 2. The second kappa shape index (κ2) is 8.73. The lowest BCUT2D eigenvalue weighted by atomic mass is 9.96. The molecule has 2 aromatic carbocycles. The lowest BCUT2D eigenvalue weighted by Gasteiger charge is -2.13. The molecule has 158 valence electrons. The van der Waals surface area contributed by atoms with E-state index < -0.39 is 0 Å². The average molecular weight is 460 g/mol. The highest BCUT2D eigenvalue weighted by molar-refractivity contribution is 6.40. The minimum absolute atomic E-state index is 0.288. The summed E-state index contributed by atoms with van der Waals surface area (Å²) in [6, 6.07) is 17.5. The molecule has 0 spiro atoms. The first kappa shape index (κ1) is 20.7. The maximum atomic E-state index is 12.9. The van der Waals surface area contributed by atoms with Crippen molar-refractivity contribution in [2.45, 2.75) is 19.3 Å². The van der Waals surface area contributed by atoms with Gasteiger partial charge in [0, 0.05) is 29.7 Å². The summed E-state index contributed by atoms with van der Waals surface area (Å²) in [6.45, 7) is 0. The summed E-state index contributed by atoms with van der Waals surface area (Å²) >= 11 is 12.4. The zero-order valence-electron chi connectivity index (χ0n) is 17.1. The van der Waals surface area contributed by atoms with Crippen LogP contribution in [0.4, 0.5) is 5.69 Å². The van der Waals surface area contributed by atoms with Crippen molar-refractivity contribution in [3.63, 3.8) is 0 Å². The van der Waals surface area contributed by atoms with E-state index in [1.807, 2.05) is 24.4 Å². The number of benzene rings is 2. The summed E-state index contributed by atoms with van der Waals surface area (Å²) in [5, 5.41) is 3.61. The second-order valence-corrected chi connectivity index (χ2v) is 8.56. The number of carbonyl (C=O) groups is 1. The van der Waals surface area contributed by atoms with Gasteiger partial charge in [0.2, 0.25) is 0 Å². The largest absolute Gasteiger partial charge is 0.319 e. The molecule has 2 heterocycles. The number of fused-ring (bicyclic) bond motifs is 3. The van der Waals surface area contributed by atoms with E-state index in [1.54, 1.807) is 30.6 Å². The first-order valence-electron chi connectivity index (χ1n) is 10.4. The Morgan fingerprint density at radius 3 is 2.47 bits per heavy atom. The molecular formula is C26H19Cl2N3O. The third-order valence-corrected chi connectivity index (χ3v) is 6.31. The molecule has 1 amide bonds. The van der Waals surface area contributed by atoms with E-state index in [0.717, 1.165) is 47.2 Å². The van der Waals surface area contributed by atoms with Crippen LogP contribution in [0.25, 0.3) is 22.4 Å². The molecule has 0 saturated carbocycles. The SMILES string of the molecule is O=C(Nc1c(Cl)cccc1Cl)c1cnc2c(c1)CCCc1ccc(-c3cccnc3)cc1-2. The van der Waals surface area contributed by atoms with Gasteiger partial charge in [0.1, 0.15) is 0 Å². The molecule has 0 fully saturated rings. The zero-order valence-corrected chi connectivity index (χ0v) is 18.6. The fourth-order valence-corrected chi connectivity index (χ4v) is 4.56. The van der Waals surface area contributed by atoms with Crippen molar-refractivity contribution < 1.29 is 4.79 Å². The number of pyridine rings is 2. The number of hydrogen-bond acceptors (Lipinski definition) is 3. The van der Waals surface area contributed by atoms with Crippen LogP contribution in [0.1, 0.15) is 27.9 Å². The number of amides is 1. The Kier molecular flexibility index (Phi) is 5.64. The molecular weight excluding hydrogens is 441 g/mol. The summed E-state index contributed by atoms with van der Waals surface area (Å²) < 4.78 is 0. The molecule has 0 radical (unpaired) electrons. The van der Waals surface area contributed by atoms with Gasteiger partial charge in [0.05, 0.1) is 27.0 Å². The van der Waals surface area contributed by atoms with E-state index in [-0.39, 0.29) is 5.91 Å². The van der Waals surface area contributed by atoms with Crippen molar-refractivity contribution in [2.24, 2.45) is 0 Å². The van der Waals surface area contributed by atoms with Gasteiger partial charge < -0.3 is 5.32 Å². The molecule has 0 bridgehead atoms. The molecule has 5 rings (SSSR count). The molecule has 0 atom stereocenters. The molecule has 4 aromatic rings. The van der Waals surface area contributed by atoms with Crippen molar-refractivity contribution in [2.75, 3.05) is 5.32 Å². The van der Waals surface area contributed by atoms with Crippen LogP contribution < -0.4 is 5.32 Å². The number of nitrogens with zero attached hydrogens (tertiary/aromatic N) is 2. The first-order valence-corrected chi connectivity index (χ1v) is 11.1. The van der Waals surface area contributed by atoms with Crippen molar-refractivity contribution in [3.8, 4) is 22.4 Å². The zero-order chi connectivity index (χ0) is 22.1. The fourth-order valence-electron chi connectivity index (χ4n) is 4.07. The molecule has 0 saturated heterocycles. The molecule has 1 N–H and O–H groups in total. The van der Waals surface area contributed by atoms with E-state index in [0.29, 0.717) is 21.3 Å². The smallest absolute Gasteiger partial charge is 0.257 e. The van der Waals surface area contributed by atoms with Gasteiger partial charge in [-0.25, -0.2) is 0 Å². The number of halogens is 2. The number of aromatic nitrogens is 2. The number of hydrogen-bond donors (Lipinski definition) is 1. The summed E-state index contributed by atoms with van der Waals surface area (Å²) in [5.74, 6) is -0.288. The number of para-hydroxylation sites is 1. The monoisotopic (exact) mass is 459 g/mol. The highest BCUT2D eigenvalue weighted by Crippen LogP contribution is 2.35. The van der Waals surface area contributed by atoms with Gasteiger partial charge in [-0.3, -0.25) is 14.8 Å². The van der Waals surface area contributed by atoms with E-state index in [2.05, 4.69) is 28.5 Å². The molecule has 0 aliphatic heterocycles. The Morgan fingerprint density at radius 2 is 1.69 bits per heavy atom. The fraction of sp³-hybridized carbons (Fsp3) is 0.115. The molecule has 2 aromatic heterocycles. The minimum Gasteiger partial charge on any atom is -0.319 e. The molecule has 4 nitrogen and oxygen atoms in total. The van der Waals surface area contributed by atoms with Gasteiger partial charge in [-0.2, -0.15) is 0 Å². The van der Waals surface area contributed by atoms with Crippen LogP contribution in [-0.2, 0) is 12.8 Å². The number of nitrogens with one attached hydrogen (secondary N) is 1. The maximum absolute atomic E-state index is 12.9. The Morgan fingerprint density at radius 1 is 0.875 bits per heavy atom. The van der Waals surface area contributed by atoms with Crippen molar-refractivity contribution >= 4 is 34.8 Å². The summed E-state index contributed by atoms with van der Waals surface area (Å²) in [4.78, 5) is 21.9. The van der Waals surface area contributed by atoms with Crippen molar-refractivity contribution in [1.29, 1.82) is 0 Å². The van der Waals surface area contributed by atoms with Gasteiger partial charge in [-0.1, -0.05) is 47.5 Å². The Balaban J connectivity index is 1.51. The first-order chi connectivity index (χ1) is 15.6. The summed E-state index contributed by atoms with van der Waals surface area (Å²) in [6.07, 6.45) is 8.06. The third kappa shape index (κ3) is 3.99. The lowest BCUT2D eigenvalue weighted by molar-refractivity contribution is 0.102. The Hall–Kier alpha value is -3.21. The number of carbonyl (C=O) groups excluding carboxylic acids is 1. The standard InChI is InChI=1S/C26H19Cl2N3O/c27-22-7-2-8-23(28)25(22)31-26(32)20-12-18-5-1-4-16-9-10-17(19-6-3-11-29-14-19)13-21(16)24(18)30-15-20/h2-3,6-15H,1,4-5H2,(H,31,32). The number of anilines is 1. The third-order valence-electron chi connectivity index (χ3n) is 5.68. The van der Waals surface area contributed by atoms with E-state index >= 15 is 0 Å². The maximum Gasteiger partial charge on any atom is 0.257 e. The predicted molar refractivity (Wildman–Crippen MR) is 129 cm³/mol. The van der Waals surface area contributed by atoms with Gasteiger partial charge >= 0.3 is 0 Å². The van der Waals surface area contributed by atoms with Crippen LogP contribution >= 0.6 is 23.2 Å². The highest BCUT2D eigenvalue weighted by Gasteiger charge is 2.19. The Labute approximate surface area is 196 Å². The number of rotatable bonds is 3. The van der Waals surface area contributed by atoms with Gasteiger partial charge in [0.15, 0.2) is 0 Å². The molecule has 1 aliphatic rings. The summed E-state index contributed by atoms with van der Waals surface area (Å²) in [5.41, 5.74) is 7.41. The van der Waals surface area contributed by atoms with Crippen molar-refractivity contribution in [1.82, 2.24) is 9.97 Å². The Bertz CT molecular complexity index is 1300. The predicted octanol–water partition coefficient (Wildman–Crippen LogP) is 6.86. The molecule has 1 aliphatic carbocycles. The molecule has 32 heavy (non-hydrogen) atoms. The van der Waals surface area contributed by atoms with E-state index in [9.17, 15) is 4.79 Å². The normalized spacial score (nSPS) is 12.4. The van der Waals surface area contributed by atoms with Crippen LogP contribution in [0.15, 0.2) is 73.2 Å². The second-order valence-electron chi connectivity index (χ2n) is 7.75. The van der Waals surface area contributed by atoms with Crippen LogP contribution in [0.3, 0.4) is 0 Å². The summed E-state index contributed by atoms with van der Waals surface area (Å²) in [7, 11) is 0. The molecule has 6 heteroatoms. The van der Waals surface area contributed by atoms with Crippen LogP contribution in [0.5, 0.6) is 0 Å². The van der Waals surface area contributed by atoms with Crippen LogP contribution in [0, 0.1) is 0 Å². The van der Waals surface area contributed by atoms with E-state index in [4.69, 9.17) is 28.2 Å². The average Bonchev–Trinajstić information content (AvgIpc) is 3.00. The quantitative estimate of drug-likeness (QED) is 0.364. The van der Waals surface area contributed by atoms with Gasteiger partial charge in [-0.15, -0.1) is 0 Å². The highest BCUT2D eigenvalue weighted by atomic mass is 35.5. The molecule has 0 unspecified atom stereocenters. The minimum atomic E-state index is -0.288. The van der Waals surface area contributed by atoms with E-state index in [1.165, 1.54) is 5.56 Å². The van der Waals surface area contributed by atoms with Crippen molar-refractivity contribution in [3.05, 3.63) is 99.9 Å². The lowest BCUT2D eigenvalue weighted by Crippen LogP contribution is -2.13. The van der Waals surface area contributed by atoms with Crippen LogP contribution in [-0.4, -0.2) is 15.9 Å².